The number of fused-ring (bicyclic) bond motifs is 1. The maximum absolute atomic E-state index is 10.1. The molecule has 0 aliphatic rings. The first kappa shape index (κ1) is 14.6. The third-order valence-corrected chi connectivity index (χ3v) is 3.59. The summed E-state index contributed by atoms with van der Waals surface area (Å²) in [6.45, 7) is 7.17. The molecule has 3 rings (SSSR count). The molecule has 0 spiro atoms. The Labute approximate surface area is 130 Å². The van der Waals surface area contributed by atoms with E-state index in [2.05, 4.69) is 30.3 Å². The zero-order valence-electron chi connectivity index (χ0n) is 13.2. The molecule has 1 aromatic carbocycles. The van der Waals surface area contributed by atoms with E-state index in [1.165, 1.54) is 0 Å². The monoisotopic (exact) mass is 295 g/mol. The van der Waals surface area contributed by atoms with Crippen LogP contribution >= 0.6 is 0 Å². The zero-order chi connectivity index (χ0) is 15.7. The number of hydrogen-bond donors (Lipinski definition) is 1. The van der Waals surface area contributed by atoms with Crippen LogP contribution in [0.1, 0.15) is 32.2 Å². The van der Waals surface area contributed by atoms with Crippen LogP contribution in [-0.2, 0) is 13.0 Å². The van der Waals surface area contributed by atoms with Crippen molar-refractivity contribution in [1.29, 1.82) is 0 Å². The molecule has 0 amide bonds. The molecule has 4 heteroatoms. The topological polar surface area (TPSA) is 50.9 Å². The van der Waals surface area contributed by atoms with Gasteiger partial charge in [0.15, 0.2) is 5.65 Å². The number of pyridine rings is 1. The van der Waals surface area contributed by atoms with Crippen LogP contribution in [0, 0.1) is 5.41 Å². The van der Waals surface area contributed by atoms with Crippen molar-refractivity contribution in [3.8, 4) is 5.75 Å². The minimum absolute atomic E-state index is 0.137. The quantitative estimate of drug-likeness (QED) is 0.800. The van der Waals surface area contributed by atoms with Gasteiger partial charge in [-0.25, -0.2) is 9.97 Å². The number of nitrogens with zero attached hydrogens (tertiary/aromatic N) is 3. The Hall–Kier alpha value is -2.36. The van der Waals surface area contributed by atoms with Gasteiger partial charge in [-0.15, -0.1) is 0 Å². The van der Waals surface area contributed by atoms with Crippen molar-refractivity contribution in [1.82, 2.24) is 14.5 Å². The predicted molar refractivity (Wildman–Crippen MR) is 87.9 cm³/mol. The van der Waals surface area contributed by atoms with Gasteiger partial charge >= 0.3 is 0 Å². The molecule has 0 aliphatic heterocycles. The number of phenolic OH excluding ortho intramolecular Hbond substituents is 1. The number of aromatic nitrogens is 3. The number of phenols is 1. The van der Waals surface area contributed by atoms with Gasteiger partial charge in [0.25, 0.3) is 0 Å². The van der Waals surface area contributed by atoms with E-state index in [-0.39, 0.29) is 5.41 Å². The molecule has 4 nitrogen and oxygen atoms in total. The van der Waals surface area contributed by atoms with Gasteiger partial charge in [-0.3, -0.25) is 0 Å². The molecule has 0 unspecified atom stereocenters. The Bertz CT molecular complexity index is 799. The normalized spacial score (nSPS) is 12.0. The fraction of sp³-hybridized carbons (Fsp3) is 0.333. The molecule has 0 atom stereocenters. The van der Waals surface area contributed by atoms with Gasteiger partial charge in [0.2, 0.25) is 0 Å². The average molecular weight is 295 g/mol. The van der Waals surface area contributed by atoms with Crippen LogP contribution in [0.2, 0.25) is 0 Å². The highest BCUT2D eigenvalue weighted by molar-refractivity contribution is 5.71. The molecule has 22 heavy (non-hydrogen) atoms. The summed E-state index contributed by atoms with van der Waals surface area (Å²) in [5.74, 6) is 1.31. The van der Waals surface area contributed by atoms with Crippen LogP contribution in [0.15, 0.2) is 42.6 Å². The molecule has 2 aromatic heterocycles. The van der Waals surface area contributed by atoms with E-state index in [4.69, 9.17) is 4.98 Å². The second kappa shape index (κ2) is 5.44. The number of benzene rings is 1. The molecule has 0 bridgehead atoms. The molecular formula is C18H21N3O. The Balaban J connectivity index is 2.09. The van der Waals surface area contributed by atoms with Gasteiger partial charge in [0.05, 0.1) is 6.54 Å². The smallest absolute Gasteiger partial charge is 0.160 e. The molecule has 114 valence electrons. The van der Waals surface area contributed by atoms with Crippen LogP contribution < -0.4 is 0 Å². The predicted octanol–water partition coefficient (Wildman–Crippen LogP) is 3.77. The van der Waals surface area contributed by atoms with Crippen molar-refractivity contribution in [3.05, 3.63) is 54.0 Å². The summed E-state index contributed by atoms with van der Waals surface area (Å²) in [4.78, 5) is 9.22. The van der Waals surface area contributed by atoms with Crippen LogP contribution in [-0.4, -0.2) is 19.6 Å². The van der Waals surface area contributed by atoms with Crippen LogP contribution in [0.4, 0.5) is 0 Å². The Morgan fingerprint density at radius 2 is 1.86 bits per heavy atom. The summed E-state index contributed by atoms with van der Waals surface area (Å²) >= 11 is 0. The van der Waals surface area contributed by atoms with E-state index < -0.39 is 0 Å². The summed E-state index contributed by atoms with van der Waals surface area (Å²) in [6.07, 6.45) is 2.64. The summed E-state index contributed by atoms with van der Waals surface area (Å²) in [7, 11) is 0. The highest BCUT2D eigenvalue weighted by Gasteiger charge is 2.19. The number of para-hydroxylation sites is 1. The van der Waals surface area contributed by atoms with E-state index in [1.54, 1.807) is 12.3 Å². The lowest BCUT2D eigenvalue weighted by Crippen LogP contribution is -2.15. The van der Waals surface area contributed by atoms with Gasteiger partial charge in [0.1, 0.15) is 17.1 Å². The maximum Gasteiger partial charge on any atom is 0.160 e. The van der Waals surface area contributed by atoms with Crippen LogP contribution in [0.5, 0.6) is 5.75 Å². The van der Waals surface area contributed by atoms with E-state index in [0.717, 1.165) is 29.0 Å². The van der Waals surface area contributed by atoms with Gasteiger partial charge in [-0.1, -0.05) is 39.0 Å². The average Bonchev–Trinajstić information content (AvgIpc) is 2.77. The summed E-state index contributed by atoms with van der Waals surface area (Å²) in [5.41, 5.74) is 2.78. The standard InChI is InChI=1S/C18H21N3O/c1-18(2,3)11-16-20-14-8-6-10-19-17(14)21(16)12-13-7-4-5-9-15(13)22/h4-10,22H,11-12H2,1-3H3. The van der Waals surface area contributed by atoms with E-state index in [0.29, 0.717) is 12.3 Å². The number of imidazole rings is 1. The lowest BCUT2D eigenvalue weighted by atomic mass is 9.92. The van der Waals surface area contributed by atoms with Crippen LogP contribution in [0.25, 0.3) is 11.2 Å². The number of hydrogen-bond acceptors (Lipinski definition) is 3. The van der Waals surface area contributed by atoms with Gasteiger partial charge in [-0.05, 0) is 23.6 Å². The number of rotatable bonds is 3. The molecule has 0 saturated heterocycles. The van der Waals surface area contributed by atoms with Gasteiger partial charge < -0.3 is 9.67 Å². The second-order valence-corrected chi connectivity index (χ2v) is 6.83. The Morgan fingerprint density at radius 3 is 2.59 bits per heavy atom. The lowest BCUT2D eigenvalue weighted by Gasteiger charge is -2.18. The molecule has 2 heterocycles. The molecule has 0 radical (unpaired) electrons. The SMILES string of the molecule is CC(C)(C)Cc1nc2cccnc2n1Cc1ccccc1O. The van der Waals surface area contributed by atoms with Crippen molar-refractivity contribution in [2.24, 2.45) is 5.41 Å². The number of aromatic hydroxyl groups is 1. The largest absolute Gasteiger partial charge is 0.508 e. The molecular weight excluding hydrogens is 274 g/mol. The highest BCUT2D eigenvalue weighted by Crippen LogP contribution is 2.25. The molecule has 0 fully saturated rings. The van der Waals surface area contributed by atoms with E-state index in [9.17, 15) is 5.11 Å². The minimum atomic E-state index is 0.137. The first-order valence-corrected chi connectivity index (χ1v) is 7.51. The van der Waals surface area contributed by atoms with Crippen molar-refractivity contribution < 1.29 is 5.11 Å². The van der Waals surface area contributed by atoms with E-state index in [1.807, 2.05) is 30.3 Å². The summed E-state index contributed by atoms with van der Waals surface area (Å²) < 4.78 is 2.11. The third kappa shape index (κ3) is 2.96. The van der Waals surface area contributed by atoms with Gasteiger partial charge in [-0.2, -0.15) is 0 Å². The Kier molecular flexibility index (Phi) is 3.61. The minimum Gasteiger partial charge on any atom is -0.508 e. The fourth-order valence-corrected chi connectivity index (χ4v) is 2.60. The van der Waals surface area contributed by atoms with Gasteiger partial charge in [0, 0.05) is 18.2 Å². The van der Waals surface area contributed by atoms with Crippen molar-refractivity contribution in [3.63, 3.8) is 0 Å². The van der Waals surface area contributed by atoms with Crippen LogP contribution in [0.3, 0.4) is 0 Å². The summed E-state index contributed by atoms with van der Waals surface area (Å²) in [6, 6.07) is 11.3. The van der Waals surface area contributed by atoms with Crippen molar-refractivity contribution >= 4 is 11.2 Å². The molecule has 0 aliphatic carbocycles. The third-order valence-electron chi connectivity index (χ3n) is 3.59. The molecule has 1 N–H and O–H groups in total. The van der Waals surface area contributed by atoms with Crippen molar-refractivity contribution in [2.45, 2.75) is 33.7 Å². The lowest BCUT2D eigenvalue weighted by molar-refractivity contribution is 0.394. The highest BCUT2D eigenvalue weighted by atomic mass is 16.3. The maximum atomic E-state index is 10.1. The fourth-order valence-electron chi connectivity index (χ4n) is 2.60. The first-order chi connectivity index (χ1) is 10.4. The van der Waals surface area contributed by atoms with Crippen molar-refractivity contribution in [2.75, 3.05) is 0 Å². The second-order valence-electron chi connectivity index (χ2n) is 6.83. The molecule has 0 saturated carbocycles. The molecule has 3 aromatic rings. The Morgan fingerprint density at radius 1 is 1.09 bits per heavy atom. The van der Waals surface area contributed by atoms with E-state index >= 15 is 0 Å². The zero-order valence-corrected chi connectivity index (χ0v) is 13.2. The first-order valence-electron chi connectivity index (χ1n) is 7.51. The summed E-state index contributed by atoms with van der Waals surface area (Å²) in [5, 5.41) is 10.1.